The van der Waals surface area contributed by atoms with E-state index in [4.69, 9.17) is 23.7 Å². The monoisotopic (exact) mass is 489 g/mol. The standard InChI is InChI=1S/C26H51NO7/c1-4-30-19-20-33-23-24-34-22-21-32-18-15-27(14-17-31-16-10-12-26(3)29)13-9-7-5-6-8-11-25(2)28/h4-24H2,1-3H3. The summed E-state index contributed by atoms with van der Waals surface area (Å²) in [5, 5.41) is 0. The number of hydrogen-bond donors (Lipinski definition) is 0. The smallest absolute Gasteiger partial charge is 0.129 e. The normalized spacial score (nSPS) is 11.4. The minimum absolute atomic E-state index is 0.212. The van der Waals surface area contributed by atoms with E-state index in [1.807, 2.05) is 6.92 Å². The summed E-state index contributed by atoms with van der Waals surface area (Å²) in [6.45, 7) is 14.2. The van der Waals surface area contributed by atoms with E-state index >= 15 is 0 Å². The Morgan fingerprint density at radius 1 is 0.500 bits per heavy atom. The maximum atomic E-state index is 11.0. The molecule has 0 aliphatic carbocycles. The van der Waals surface area contributed by atoms with Gasteiger partial charge in [-0.3, -0.25) is 4.90 Å². The molecule has 0 saturated carbocycles. The van der Waals surface area contributed by atoms with Crippen LogP contribution in [0.3, 0.4) is 0 Å². The first-order chi connectivity index (χ1) is 16.6. The van der Waals surface area contributed by atoms with Crippen LogP contribution in [0, 0.1) is 0 Å². The Morgan fingerprint density at radius 2 is 0.941 bits per heavy atom. The second-order valence-corrected chi connectivity index (χ2v) is 8.51. The summed E-state index contributed by atoms with van der Waals surface area (Å²) in [4.78, 5) is 24.4. The molecule has 0 aromatic heterocycles. The fraction of sp³-hybridized carbons (Fsp3) is 0.923. The number of nitrogens with zero attached hydrogens (tertiary/aromatic N) is 1. The van der Waals surface area contributed by atoms with Crippen LogP contribution in [-0.4, -0.2) is 102 Å². The van der Waals surface area contributed by atoms with Gasteiger partial charge < -0.3 is 33.3 Å². The van der Waals surface area contributed by atoms with Crippen LogP contribution in [0.4, 0.5) is 0 Å². The maximum Gasteiger partial charge on any atom is 0.129 e. The molecule has 0 rings (SSSR count). The topological polar surface area (TPSA) is 83.5 Å². The van der Waals surface area contributed by atoms with Crippen molar-refractivity contribution in [3.05, 3.63) is 0 Å². The molecule has 0 aliphatic rings. The Kier molecular flexibility index (Phi) is 26.0. The zero-order valence-corrected chi connectivity index (χ0v) is 22.2. The number of rotatable bonds is 28. The largest absolute Gasteiger partial charge is 0.380 e. The highest BCUT2D eigenvalue weighted by Crippen LogP contribution is 2.07. The Labute approximate surface area is 208 Å². The van der Waals surface area contributed by atoms with Crippen molar-refractivity contribution in [2.24, 2.45) is 0 Å². The van der Waals surface area contributed by atoms with Gasteiger partial charge in [0.25, 0.3) is 0 Å². The average Bonchev–Trinajstić information content (AvgIpc) is 2.80. The van der Waals surface area contributed by atoms with Crippen molar-refractivity contribution in [3.63, 3.8) is 0 Å². The van der Waals surface area contributed by atoms with Crippen molar-refractivity contribution in [2.75, 3.05) is 85.7 Å². The molecule has 0 aliphatic heterocycles. The molecule has 0 saturated heterocycles. The van der Waals surface area contributed by atoms with E-state index in [-0.39, 0.29) is 11.6 Å². The lowest BCUT2D eigenvalue weighted by Gasteiger charge is -2.22. The summed E-state index contributed by atoms with van der Waals surface area (Å²) >= 11 is 0. The van der Waals surface area contributed by atoms with Crippen molar-refractivity contribution in [3.8, 4) is 0 Å². The van der Waals surface area contributed by atoms with Gasteiger partial charge in [0, 0.05) is 39.1 Å². The second kappa shape index (κ2) is 26.7. The highest BCUT2D eigenvalue weighted by molar-refractivity contribution is 5.75. The lowest BCUT2D eigenvalue weighted by atomic mass is 10.1. The summed E-state index contributed by atoms with van der Waals surface area (Å²) < 4.78 is 27.6. The van der Waals surface area contributed by atoms with Crippen LogP contribution in [-0.2, 0) is 33.3 Å². The van der Waals surface area contributed by atoms with E-state index < -0.39 is 0 Å². The molecule has 0 N–H and O–H groups in total. The molecule has 0 aromatic rings. The third-order valence-electron chi connectivity index (χ3n) is 5.24. The van der Waals surface area contributed by atoms with Gasteiger partial charge in [-0.25, -0.2) is 0 Å². The number of Topliss-reactive ketones (excluding diaryl/α,β-unsaturated/α-hetero) is 2. The van der Waals surface area contributed by atoms with Crippen LogP contribution < -0.4 is 0 Å². The molecule has 0 fully saturated rings. The molecule has 0 bridgehead atoms. The van der Waals surface area contributed by atoms with Gasteiger partial charge in [-0.05, 0) is 46.6 Å². The van der Waals surface area contributed by atoms with Crippen molar-refractivity contribution in [1.82, 2.24) is 4.90 Å². The van der Waals surface area contributed by atoms with Gasteiger partial charge in [0.15, 0.2) is 0 Å². The van der Waals surface area contributed by atoms with Crippen LogP contribution in [0.15, 0.2) is 0 Å². The van der Waals surface area contributed by atoms with Crippen LogP contribution in [0.5, 0.6) is 0 Å². The fourth-order valence-corrected chi connectivity index (χ4v) is 3.29. The Balaban J connectivity index is 3.85. The quantitative estimate of drug-likeness (QED) is 0.154. The first-order valence-electron chi connectivity index (χ1n) is 13.2. The number of unbranched alkanes of at least 4 members (excludes halogenated alkanes) is 4. The Morgan fingerprint density at radius 3 is 1.50 bits per heavy atom. The third kappa shape index (κ3) is 27.3. The summed E-state index contributed by atoms with van der Waals surface area (Å²) in [6, 6.07) is 0. The molecule has 0 spiro atoms. The van der Waals surface area contributed by atoms with Crippen LogP contribution in [0.25, 0.3) is 0 Å². The summed E-state index contributed by atoms with van der Waals surface area (Å²) in [5.41, 5.74) is 0. The van der Waals surface area contributed by atoms with Gasteiger partial charge >= 0.3 is 0 Å². The average molecular weight is 490 g/mol. The minimum atomic E-state index is 0.212. The zero-order chi connectivity index (χ0) is 25.1. The molecule has 202 valence electrons. The zero-order valence-electron chi connectivity index (χ0n) is 22.2. The molecule has 0 heterocycles. The summed E-state index contributed by atoms with van der Waals surface area (Å²) in [7, 11) is 0. The lowest BCUT2D eigenvalue weighted by Crippen LogP contribution is -2.32. The number of carbonyl (C=O) groups is 2. The molecule has 0 unspecified atom stereocenters. The van der Waals surface area contributed by atoms with E-state index in [0.29, 0.717) is 78.9 Å². The molecule has 0 amide bonds. The van der Waals surface area contributed by atoms with E-state index in [1.54, 1.807) is 13.8 Å². The molecule has 0 aromatic carbocycles. The number of carbonyl (C=O) groups excluding carboxylic acids is 2. The van der Waals surface area contributed by atoms with Crippen molar-refractivity contribution in [1.29, 1.82) is 0 Å². The molecule has 8 heteroatoms. The SMILES string of the molecule is CCOCCOCCOCCOCCN(CCCCCCCC(C)=O)CCOCCCC(C)=O. The first-order valence-corrected chi connectivity index (χ1v) is 13.2. The predicted octanol–water partition coefficient (Wildman–Crippen LogP) is 3.69. The molecule has 34 heavy (non-hydrogen) atoms. The van der Waals surface area contributed by atoms with Crippen molar-refractivity contribution < 1.29 is 33.3 Å². The molecule has 0 atom stereocenters. The van der Waals surface area contributed by atoms with Gasteiger partial charge in [0.1, 0.15) is 11.6 Å². The van der Waals surface area contributed by atoms with Crippen LogP contribution >= 0.6 is 0 Å². The highest BCUT2D eigenvalue weighted by atomic mass is 16.6. The third-order valence-corrected chi connectivity index (χ3v) is 5.24. The van der Waals surface area contributed by atoms with Gasteiger partial charge in [-0.1, -0.05) is 19.3 Å². The van der Waals surface area contributed by atoms with E-state index in [9.17, 15) is 9.59 Å². The summed E-state index contributed by atoms with van der Waals surface area (Å²) in [6.07, 6.45) is 7.69. The maximum absolute atomic E-state index is 11.0. The number of ether oxygens (including phenoxy) is 5. The van der Waals surface area contributed by atoms with Crippen molar-refractivity contribution >= 4 is 11.6 Å². The van der Waals surface area contributed by atoms with Gasteiger partial charge in [0.2, 0.25) is 0 Å². The van der Waals surface area contributed by atoms with E-state index in [0.717, 1.165) is 45.3 Å². The first kappa shape index (κ1) is 33.1. The van der Waals surface area contributed by atoms with Crippen LogP contribution in [0.2, 0.25) is 0 Å². The second-order valence-electron chi connectivity index (χ2n) is 8.51. The predicted molar refractivity (Wildman–Crippen MR) is 135 cm³/mol. The fourth-order valence-electron chi connectivity index (χ4n) is 3.29. The van der Waals surface area contributed by atoms with Gasteiger partial charge in [0.05, 0.1) is 52.9 Å². The summed E-state index contributed by atoms with van der Waals surface area (Å²) in [5.74, 6) is 0.495. The van der Waals surface area contributed by atoms with Gasteiger partial charge in [-0.15, -0.1) is 0 Å². The van der Waals surface area contributed by atoms with E-state index in [2.05, 4.69) is 4.90 Å². The number of hydrogen-bond acceptors (Lipinski definition) is 8. The van der Waals surface area contributed by atoms with E-state index in [1.165, 1.54) is 12.8 Å². The Hall–Kier alpha value is -0.900. The molecule has 0 radical (unpaired) electrons. The highest BCUT2D eigenvalue weighted by Gasteiger charge is 2.06. The number of ketones is 2. The molecular weight excluding hydrogens is 438 g/mol. The van der Waals surface area contributed by atoms with Crippen molar-refractivity contribution in [2.45, 2.75) is 72.1 Å². The van der Waals surface area contributed by atoms with Gasteiger partial charge in [-0.2, -0.15) is 0 Å². The lowest BCUT2D eigenvalue weighted by molar-refractivity contribution is -0.118. The Bertz CT molecular complexity index is 462. The minimum Gasteiger partial charge on any atom is -0.380 e. The molecular formula is C26H51NO7. The molecule has 8 nitrogen and oxygen atoms in total. The van der Waals surface area contributed by atoms with Crippen LogP contribution in [0.1, 0.15) is 72.1 Å².